The number of rotatable bonds is 5. The van der Waals surface area contributed by atoms with Crippen LogP contribution in [0.4, 0.5) is 0 Å². The first kappa shape index (κ1) is 11.4. The Kier molecular flexibility index (Phi) is 3.80. The van der Waals surface area contributed by atoms with Gasteiger partial charge in [-0.1, -0.05) is 6.07 Å². The first-order valence-corrected chi connectivity index (χ1v) is 5.84. The van der Waals surface area contributed by atoms with E-state index in [9.17, 15) is 0 Å². The summed E-state index contributed by atoms with van der Waals surface area (Å²) < 4.78 is 16.6. The largest absolute Gasteiger partial charge is 0.493 e. The maximum absolute atomic E-state index is 5.57. The minimum absolute atomic E-state index is 0.249. The molecular weight excluding hydrogens is 204 g/mol. The SMILES string of the molecule is CCOC(OCC)c1ccc2c(c1)CCO2. The van der Waals surface area contributed by atoms with Gasteiger partial charge in [0.15, 0.2) is 6.29 Å². The normalized spacial score (nSPS) is 13.9. The molecule has 0 atom stereocenters. The van der Waals surface area contributed by atoms with Crippen molar-refractivity contribution in [2.24, 2.45) is 0 Å². The Balaban J connectivity index is 2.17. The van der Waals surface area contributed by atoms with Crippen LogP contribution in [0.15, 0.2) is 18.2 Å². The highest BCUT2D eigenvalue weighted by Gasteiger charge is 2.17. The van der Waals surface area contributed by atoms with Crippen LogP contribution < -0.4 is 4.74 Å². The lowest BCUT2D eigenvalue weighted by Crippen LogP contribution is -2.08. The molecule has 3 heteroatoms. The van der Waals surface area contributed by atoms with Crippen LogP contribution in [0.1, 0.15) is 31.3 Å². The Hall–Kier alpha value is -1.06. The lowest BCUT2D eigenvalue weighted by Gasteiger charge is -2.17. The van der Waals surface area contributed by atoms with E-state index in [0.717, 1.165) is 24.3 Å². The summed E-state index contributed by atoms with van der Waals surface area (Å²) in [5.74, 6) is 0.996. The zero-order valence-electron chi connectivity index (χ0n) is 9.86. The van der Waals surface area contributed by atoms with Gasteiger partial charge < -0.3 is 14.2 Å². The van der Waals surface area contributed by atoms with E-state index in [1.54, 1.807) is 0 Å². The van der Waals surface area contributed by atoms with Crippen LogP contribution in [0.3, 0.4) is 0 Å². The van der Waals surface area contributed by atoms with Crippen LogP contribution in [0.5, 0.6) is 5.75 Å². The van der Waals surface area contributed by atoms with Crippen molar-refractivity contribution in [3.63, 3.8) is 0 Å². The molecule has 3 nitrogen and oxygen atoms in total. The lowest BCUT2D eigenvalue weighted by molar-refractivity contribution is -0.140. The Bertz CT molecular complexity index is 343. The molecule has 0 radical (unpaired) electrons. The van der Waals surface area contributed by atoms with Gasteiger partial charge in [-0.2, -0.15) is 0 Å². The van der Waals surface area contributed by atoms with Gasteiger partial charge in [-0.15, -0.1) is 0 Å². The standard InChI is InChI=1S/C13H18O3/c1-3-14-13(15-4-2)11-5-6-12-10(9-11)7-8-16-12/h5-6,9,13H,3-4,7-8H2,1-2H3. The highest BCUT2D eigenvalue weighted by atomic mass is 16.7. The van der Waals surface area contributed by atoms with E-state index in [0.29, 0.717) is 13.2 Å². The molecule has 1 aromatic carbocycles. The highest BCUT2D eigenvalue weighted by Crippen LogP contribution is 2.29. The van der Waals surface area contributed by atoms with Crippen molar-refractivity contribution < 1.29 is 14.2 Å². The van der Waals surface area contributed by atoms with E-state index in [1.807, 2.05) is 26.0 Å². The average molecular weight is 222 g/mol. The Morgan fingerprint density at radius 1 is 1.25 bits per heavy atom. The summed E-state index contributed by atoms with van der Waals surface area (Å²) in [6.07, 6.45) is 0.731. The van der Waals surface area contributed by atoms with Gasteiger partial charge >= 0.3 is 0 Å². The molecule has 0 saturated carbocycles. The van der Waals surface area contributed by atoms with Gasteiger partial charge in [0, 0.05) is 25.2 Å². The van der Waals surface area contributed by atoms with E-state index >= 15 is 0 Å². The first-order valence-electron chi connectivity index (χ1n) is 5.84. The molecule has 2 rings (SSSR count). The second-order valence-electron chi connectivity index (χ2n) is 3.71. The predicted molar refractivity (Wildman–Crippen MR) is 61.6 cm³/mol. The van der Waals surface area contributed by atoms with Gasteiger partial charge in [-0.25, -0.2) is 0 Å². The smallest absolute Gasteiger partial charge is 0.183 e. The lowest BCUT2D eigenvalue weighted by atomic mass is 10.1. The van der Waals surface area contributed by atoms with Crippen LogP contribution in [-0.2, 0) is 15.9 Å². The van der Waals surface area contributed by atoms with E-state index < -0.39 is 0 Å². The molecule has 1 aliphatic heterocycles. The third-order valence-corrected chi connectivity index (χ3v) is 2.62. The van der Waals surface area contributed by atoms with Crippen LogP contribution >= 0.6 is 0 Å². The van der Waals surface area contributed by atoms with Crippen molar-refractivity contribution in [2.75, 3.05) is 19.8 Å². The maximum Gasteiger partial charge on any atom is 0.183 e. The molecule has 0 saturated heterocycles. The Labute approximate surface area is 96.3 Å². The Morgan fingerprint density at radius 3 is 2.69 bits per heavy atom. The van der Waals surface area contributed by atoms with Gasteiger partial charge in [0.1, 0.15) is 5.75 Å². The van der Waals surface area contributed by atoms with Crippen molar-refractivity contribution in [3.05, 3.63) is 29.3 Å². The van der Waals surface area contributed by atoms with Gasteiger partial charge in [0.2, 0.25) is 0 Å². The number of hydrogen-bond acceptors (Lipinski definition) is 3. The third-order valence-electron chi connectivity index (χ3n) is 2.62. The van der Waals surface area contributed by atoms with Crippen LogP contribution in [0, 0.1) is 0 Å². The summed E-state index contributed by atoms with van der Waals surface area (Å²) >= 11 is 0. The molecular formula is C13H18O3. The molecule has 16 heavy (non-hydrogen) atoms. The predicted octanol–water partition coefficient (Wildman–Crippen LogP) is 2.69. The topological polar surface area (TPSA) is 27.7 Å². The average Bonchev–Trinajstić information content (AvgIpc) is 2.75. The molecule has 0 unspecified atom stereocenters. The maximum atomic E-state index is 5.57. The summed E-state index contributed by atoms with van der Waals surface area (Å²) in [5, 5.41) is 0. The van der Waals surface area contributed by atoms with E-state index in [2.05, 4.69) is 6.07 Å². The summed E-state index contributed by atoms with van der Waals surface area (Å²) in [5.41, 5.74) is 2.33. The molecule has 0 amide bonds. The second kappa shape index (κ2) is 5.32. The zero-order valence-corrected chi connectivity index (χ0v) is 9.86. The number of hydrogen-bond donors (Lipinski definition) is 0. The monoisotopic (exact) mass is 222 g/mol. The van der Waals surface area contributed by atoms with Gasteiger partial charge in [0.05, 0.1) is 6.61 Å². The minimum Gasteiger partial charge on any atom is -0.493 e. The summed E-state index contributed by atoms with van der Waals surface area (Å²) in [4.78, 5) is 0. The molecule has 1 heterocycles. The Morgan fingerprint density at radius 2 is 2.00 bits per heavy atom. The number of benzene rings is 1. The van der Waals surface area contributed by atoms with Crippen LogP contribution in [-0.4, -0.2) is 19.8 Å². The fourth-order valence-corrected chi connectivity index (χ4v) is 1.90. The van der Waals surface area contributed by atoms with Gasteiger partial charge in [-0.05, 0) is 31.5 Å². The summed E-state index contributed by atoms with van der Waals surface area (Å²) in [7, 11) is 0. The fourth-order valence-electron chi connectivity index (χ4n) is 1.90. The summed E-state index contributed by atoms with van der Waals surface area (Å²) in [6, 6.07) is 6.14. The van der Waals surface area contributed by atoms with Gasteiger partial charge in [-0.3, -0.25) is 0 Å². The third kappa shape index (κ3) is 2.36. The molecule has 0 aromatic heterocycles. The number of fused-ring (bicyclic) bond motifs is 1. The molecule has 1 aliphatic rings. The van der Waals surface area contributed by atoms with Crippen molar-refractivity contribution in [1.29, 1.82) is 0 Å². The molecule has 1 aromatic rings. The number of ether oxygens (including phenoxy) is 3. The first-order chi connectivity index (χ1) is 7.85. The second-order valence-corrected chi connectivity index (χ2v) is 3.71. The van der Waals surface area contributed by atoms with E-state index in [1.165, 1.54) is 5.56 Å². The molecule has 88 valence electrons. The van der Waals surface area contributed by atoms with E-state index in [-0.39, 0.29) is 6.29 Å². The fraction of sp³-hybridized carbons (Fsp3) is 0.538. The van der Waals surface area contributed by atoms with Crippen molar-refractivity contribution >= 4 is 0 Å². The van der Waals surface area contributed by atoms with E-state index in [4.69, 9.17) is 14.2 Å². The molecule has 0 fully saturated rings. The molecule has 0 aliphatic carbocycles. The minimum atomic E-state index is -0.249. The zero-order chi connectivity index (χ0) is 11.4. The van der Waals surface area contributed by atoms with Crippen LogP contribution in [0.25, 0.3) is 0 Å². The van der Waals surface area contributed by atoms with Crippen molar-refractivity contribution in [1.82, 2.24) is 0 Å². The molecule has 0 spiro atoms. The molecule has 0 bridgehead atoms. The summed E-state index contributed by atoms with van der Waals surface area (Å²) in [6.45, 7) is 6.04. The van der Waals surface area contributed by atoms with Crippen molar-refractivity contribution in [3.8, 4) is 5.75 Å². The van der Waals surface area contributed by atoms with Gasteiger partial charge in [0.25, 0.3) is 0 Å². The van der Waals surface area contributed by atoms with Crippen LogP contribution in [0.2, 0.25) is 0 Å². The molecule has 0 N–H and O–H groups in total. The highest BCUT2D eigenvalue weighted by molar-refractivity contribution is 5.40. The quantitative estimate of drug-likeness (QED) is 0.717. The van der Waals surface area contributed by atoms with Crippen molar-refractivity contribution in [2.45, 2.75) is 26.6 Å².